The molecule has 84 valence electrons. The molecule has 3 rings (SSSR count). The second-order valence-corrected chi connectivity index (χ2v) is 4.13. The molecule has 0 saturated carbocycles. The van der Waals surface area contributed by atoms with Crippen LogP contribution in [0, 0.1) is 11.3 Å². The van der Waals surface area contributed by atoms with E-state index in [1.807, 2.05) is 36.8 Å². The molecule has 4 heteroatoms. The molecular formula is C13H12N4. The van der Waals surface area contributed by atoms with Crippen molar-refractivity contribution < 1.29 is 0 Å². The van der Waals surface area contributed by atoms with Gasteiger partial charge in [-0.05, 0) is 17.7 Å². The quantitative estimate of drug-likeness (QED) is 0.797. The monoisotopic (exact) mass is 224 g/mol. The number of hydrogen-bond donors (Lipinski definition) is 1. The summed E-state index contributed by atoms with van der Waals surface area (Å²) >= 11 is 0. The summed E-state index contributed by atoms with van der Waals surface area (Å²) in [6, 6.07) is 9.81. The van der Waals surface area contributed by atoms with Gasteiger partial charge in [0, 0.05) is 24.9 Å². The van der Waals surface area contributed by atoms with Gasteiger partial charge in [-0.2, -0.15) is 5.26 Å². The molecule has 2 heterocycles. The van der Waals surface area contributed by atoms with E-state index in [1.165, 1.54) is 5.69 Å². The van der Waals surface area contributed by atoms with E-state index in [-0.39, 0.29) is 6.17 Å². The summed E-state index contributed by atoms with van der Waals surface area (Å²) in [5, 5.41) is 12.2. The fraction of sp³-hybridized carbons (Fsp3) is 0.231. The van der Waals surface area contributed by atoms with Crippen molar-refractivity contribution in [2.45, 2.75) is 12.6 Å². The lowest BCUT2D eigenvalue weighted by molar-refractivity contribution is 0.418. The highest BCUT2D eigenvalue weighted by atomic mass is 15.2. The normalized spacial score (nSPS) is 18.4. The summed E-state index contributed by atoms with van der Waals surface area (Å²) in [6.45, 7) is 0.955. The zero-order valence-electron chi connectivity index (χ0n) is 9.30. The second kappa shape index (κ2) is 4.04. The van der Waals surface area contributed by atoms with Gasteiger partial charge in [0.2, 0.25) is 0 Å². The Morgan fingerprint density at radius 1 is 1.35 bits per heavy atom. The minimum atomic E-state index is 0.133. The van der Waals surface area contributed by atoms with Crippen LogP contribution in [0.5, 0.6) is 0 Å². The van der Waals surface area contributed by atoms with E-state index in [0.29, 0.717) is 5.56 Å². The van der Waals surface area contributed by atoms with Crippen molar-refractivity contribution >= 4 is 0 Å². The molecule has 1 atom stereocenters. The third kappa shape index (κ3) is 1.71. The molecule has 0 spiro atoms. The molecule has 0 radical (unpaired) electrons. The van der Waals surface area contributed by atoms with Crippen molar-refractivity contribution in [3.8, 4) is 6.07 Å². The molecule has 0 saturated heterocycles. The maximum absolute atomic E-state index is 8.78. The Labute approximate surface area is 99.5 Å². The van der Waals surface area contributed by atoms with Crippen LogP contribution >= 0.6 is 0 Å². The largest absolute Gasteiger partial charge is 0.314 e. The molecule has 4 nitrogen and oxygen atoms in total. The van der Waals surface area contributed by atoms with Crippen molar-refractivity contribution in [2.24, 2.45) is 0 Å². The molecule has 1 aromatic carbocycles. The number of imidazole rings is 1. The van der Waals surface area contributed by atoms with Crippen LogP contribution in [-0.4, -0.2) is 16.1 Å². The average Bonchev–Trinajstić information content (AvgIpc) is 2.87. The van der Waals surface area contributed by atoms with E-state index in [4.69, 9.17) is 5.26 Å². The number of nitrogens with one attached hydrogen (secondary N) is 1. The highest BCUT2D eigenvalue weighted by molar-refractivity contribution is 5.33. The third-order valence-electron chi connectivity index (χ3n) is 3.10. The standard InChI is InChI=1S/C13H12N4/c14-7-10-1-3-11(4-2-10)13-16-6-5-12-8-15-9-17(12)13/h1-4,8-9,13,16H,5-6H2. The summed E-state index contributed by atoms with van der Waals surface area (Å²) in [4.78, 5) is 4.18. The van der Waals surface area contributed by atoms with E-state index in [0.717, 1.165) is 18.5 Å². The molecule has 1 aliphatic rings. The summed E-state index contributed by atoms with van der Waals surface area (Å²) in [7, 11) is 0. The minimum absolute atomic E-state index is 0.133. The van der Waals surface area contributed by atoms with Gasteiger partial charge in [0.05, 0.1) is 18.0 Å². The van der Waals surface area contributed by atoms with Crippen molar-refractivity contribution in [2.75, 3.05) is 6.54 Å². The highest BCUT2D eigenvalue weighted by Crippen LogP contribution is 2.21. The predicted octanol–water partition coefficient (Wildman–Crippen LogP) is 1.45. The maximum Gasteiger partial charge on any atom is 0.111 e. The Bertz CT molecular complexity index is 562. The van der Waals surface area contributed by atoms with Crippen LogP contribution in [0.25, 0.3) is 0 Å². The Morgan fingerprint density at radius 3 is 2.94 bits per heavy atom. The van der Waals surface area contributed by atoms with Crippen LogP contribution in [-0.2, 0) is 6.42 Å². The van der Waals surface area contributed by atoms with Crippen LogP contribution in [0.1, 0.15) is 23.0 Å². The Hall–Kier alpha value is -2.12. The van der Waals surface area contributed by atoms with Crippen LogP contribution in [0.2, 0.25) is 0 Å². The van der Waals surface area contributed by atoms with Gasteiger partial charge < -0.3 is 4.57 Å². The fourth-order valence-electron chi connectivity index (χ4n) is 2.21. The van der Waals surface area contributed by atoms with E-state index in [2.05, 4.69) is 20.9 Å². The number of rotatable bonds is 1. The van der Waals surface area contributed by atoms with Gasteiger partial charge in [0.15, 0.2) is 0 Å². The zero-order chi connectivity index (χ0) is 11.7. The molecule has 1 aromatic heterocycles. The smallest absolute Gasteiger partial charge is 0.111 e. The summed E-state index contributed by atoms with van der Waals surface area (Å²) in [6.07, 6.45) is 4.91. The number of nitrogens with zero attached hydrogens (tertiary/aromatic N) is 3. The molecule has 1 aliphatic heterocycles. The summed E-state index contributed by atoms with van der Waals surface area (Å²) in [5.41, 5.74) is 3.09. The van der Waals surface area contributed by atoms with Gasteiger partial charge in [-0.1, -0.05) is 12.1 Å². The van der Waals surface area contributed by atoms with E-state index in [9.17, 15) is 0 Å². The van der Waals surface area contributed by atoms with Gasteiger partial charge >= 0.3 is 0 Å². The summed E-state index contributed by atoms with van der Waals surface area (Å²) in [5.74, 6) is 0. The van der Waals surface area contributed by atoms with Crippen LogP contribution in [0.3, 0.4) is 0 Å². The number of hydrogen-bond acceptors (Lipinski definition) is 3. The highest BCUT2D eigenvalue weighted by Gasteiger charge is 2.19. The van der Waals surface area contributed by atoms with Gasteiger partial charge in [-0.25, -0.2) is 4.98 Å². The van der Waals surface area contributed by atoms with Crippen molar-refractivity contribution in [3.05, 3.63) is 53.6 Å². The van der Waals surface area contributed by atoms with E-state index < -0.39 is 0 Å². The molecule has 2 aromatic rings. The fourth-order valence-corrected chi connectivity index (χ4v) is 2.21. The Balaban J connectivity index is 1.98. The lowest BCUT2D eigenvalue weighted by Gasteiger charge is -2.27. The molecular weight excluding hydrogens is 212 g/mol. The number of fused-ring (bicyclic) bond motifs is 1. The average molecular weight is 224 g/mol. The molecule has 1 N–H and O–H groups in total. The lowest BCUT2D eigenvalue weighted by Crippen LogP contribution is -2.35. The van der Waals surface area contributed by atoms with E-state index >= 15 is 0 Å². The third-order valence-corrected chi connectivity index (χ3v) is 3.10. The van der Waals surface area contributed by atoms with Gasteiger partial charge in [-0.3, -0.25) is 5.32 Å². The zero-order valence-corrected chi connectivity index (χ0v) is 9.30. The van der Waals surface area contributed by atoms with Crippen LogP contribution < -0.4 is 5.32 Å². The number of nitriles is 1. The lowest BCUT2D eigenvalue weighted by atomic mass is 10.1. The maximum atomic E-state index is 8.78. The topological polar surface area (TPSA) is 53.6 Å². The SMILES string of the molecule is N#Cc1ccc(C2NCCc3cncn32)cc1. The number of aromatic nitrogens is 2. The Morgan fingerprint density at radius 2 is 2.18 bits per heavy atom. The molecule has 17 heavy (non-hydrogen) atoms. The minimum Gasteiger partial charge on any atom is -0.314 e. The van der Waals surface area contributed by atoms with Crippen molar-refractivity contribution in [1.82, 2.24) is 14.9 Å². The molecule has 1 unspecified atom stereocenters. The van der Waals surface area contributed by atoms with Crippen LogP contribution in [0.15, 0.2) is 36.8 Å². The first-order chi connectivity index (χ1) is 8.38. The summed E-state index contributed by atoms with van der Waals surface area (Å²) < 4.78 is 2.14. The molecule has 0 fully saturated rings. The van der Waals surface area contributed by atoms with Gasteiger partial charge in [-0.15, -0.1) is 0 Å². The van der Waals surface area contributed by atoms with Crippen molar-refractivity contribution in [3.63, 3.8) is 0 Å². The first kappa shape index (κ1) is 10.1. The first-order valence-corrected chi connectivity index (χ1v) is 5.62. The second-order valence-electron chi connectivity index (χ2n) is 4.13. The first-order valence-electron chi connectivity index (χ1n) is 5.62. The van der Waals surface area contributed by atoms with Crippen LogP contribution in [0.4, 0.5) is 0 Å². The molecule has 0 amide bonds. The van der Waals surface area contributed by atoms with Gasteiger partial charge in [0.25, 0.3) is 0 Å². The number of benzene rings is 1. The van der Waals surface area contributed by atoms with Gasteiger partial charge in [0.1, 0.15) is 6.17 Å². The predicted molar refractivity (Wildman–Crippen MR) is 63.2 cm³/mol. The van der Waals surface area contributed by atoms with E-state index in [1.54, 1.807) is 0 Å². The molecule has 0 bridgehead atoms. The molecule has 0 aliphatic carbocycles. The Kier molecular flexibility index (Phi) is 2.39. The van der Waals surface area contributed by atoms with Crippen molar-refractivity contribution in [1.29, 1.82) is 5.26 Å².